The number of hydrogen-bond donors (Lipinski definition) is 1. The third-order valence-electron chi connectivity index (χ3n) is 2.00. The van der Waals surface area contributed by atoms with Gasteiger partial charge < -0.3 is 19.3 Å². The summed E-state index contributed by atoms with van der Waals surface area (Å²) in [4.78, 5) is 10.6. The molecule has 0 radical (unpaired) electrons. The van der Waals surface area contributed by atoms with E-state index >= 15 is 0 Å². The van der Waals surface area contributed by atoms with E-state index in [2.05, 4.69) is 0 Å². The van der Waals surface area contributed by atoms with Crippen LogP contribution in [0.1, 0.15) is 6.92 Å². The lowest BCUT2D eigenvalue weighted by molar-refractivity contribution is -0.144. The van der Waals surface area contributed by atoms with Crippen molar-refractivity contribution in [1.29, 1.82) is 0 Å². The summed E-state index contributed by atoms with van der Waals surface area (Å²) < 4.78 is 15.4. The van der Waals surface area contributed by atoms with Crippen LogP contribution < -0.4 is 14.2 Å². The fourth-order valence-electron chi connectivity index (χ4n) is 1.20. The van der Waals surface area contributed by atoms with E-state index in [1.54, 1.807) is 18.2 Å². The predicted octanol–water partition coefficient (Wildman–Crippen LogP) is 1.27. The first-order valence-corrected chi connectivity index (χ1v) is 4.46. The van der Waals surface area contributed by atoms with Crippen LogP contribution in [-0.4, -0.2) is 24.0 Å². The molecule has 1 aliphatic rings. The molecular weight excluding hydrogens is 200 g/mol. The number of carboxylic acid groups (broad SMARTS) is 1. The second kappa shape index (κ2) is 3.68. The Kier molecular flexibility index (Phi) is 2.37. The minimum absolute atomic E-state index is 0.188. The molecule has 5 heteroatoms. The molecule has 15 heavy (non-hydrogen) atoms. The molecule has 1 aromatic rings. The van der Waals surface area contributed by atoms with Gasteiger partial charge in [0.05, 0.1) is 0 Å². The van der Waals surface area contributed by atoms with E-state index in [-0.39, 0.29) is 6.79 Å². The van der Waals surface area contributed by atoms with Crippen LogP contribution in [0, 0.1) is 0 Å². The molecule has 1 N–H and O–H groups in total. The fraction of sp³-hybridized carbons (Fsp3) is 0.300. The molecule has 0 saturated heterocycles. The topological polar surface area (TPSA) is 65.0 Å². The average Bonchev–Trinajstić information content (AvgIpc) is 2.64. The summed E-state index contributed by atoms with van der Waals surface area (Å²) in [5.41, 5.74) is 0. The smallest absolute Gasteiger partial charge is 0.344 e. The standard InChI is InChI=1S/C10H10O5/c1-6(10(11)12)15-7-2-3-8-9(4-7)14-5-13-8/h2-4,6H,5H2,1H3,(H,11,12)/t6-/m1/s1. The molecule has 0 bridgehead atoms. The number of ether oxygens (including phenoxy) is 3. The second-order valence-corrected chi connectivity index (χ2v) is 3.11. The normalized spacial score (nSPS) is 14.7. The van der Waals surface area contributed by atoms with E-state index in [0.29, 0.717) is 17.2 Å². The molecule has 1 aliphatic heterocycles. The largest absolute Gasteiger partial charge is 0.479 e. The lowest BCUT2D eigenvalue weighted by atomic mass is 10.3. The van der Waals surface area contributed by atoms with E-state index in [4.69, 9.17) is 19.3 Å². The van der Waals surface area contributed by atoms with Gasteiger partial charge in [0.25, 0.3) is 0 Å². The number of carboxylic acids is 1. The molecule has 2 rings (SSSR count). The quantitative estimate of drug-likeness (QED) is 0.813. The van der Waals surface area contributed by atoms with Crippen molar-refractivity contribution in [3.05, 3.63) is 18.2 Å². The molecule has 1 aromatic carbocycles. The third kappa shape index (κ3) is 1.96. The minimum atomic E-state index is -1.01. The highest BCUT2D eigenvalue weighted by molar-refractivity contribution is 5.72. The predicted molar refractivity (Wildman–Crippen MR) is 50.3 cm³/mol. The van der Waals surface area contributed by atoms with Gasteiger partial charge in [-0.05, 0) is 19.1 Å². The number of benzene rings is 1. The maximum Gasteiger partial charge on any atom is 0.344 e. The Morgan fingerprint density at radius 1 is 1.47 bits per heavy atom. The molecule has 0 fully saturated rings. The number of hydrogen-bond acceptors (Lipinski definition) is 4. The lowest BCUT2D eigenvalue weighted by Crippen LogP contribution is -2.22. The summed E-state index contributed by atoms with van der Waals surface area (Å²) in [6.07, 6.45) is -0.884. The molecule has 0 aromatic heterocycles. The van der Waals surface area contributed by atoms with Crippen LogP contribution in [0.4, 0.5) is 0 Å². The van der Waals surface area contributed by atoms with E-state index in [0.717, 1.165) is 0 Å². The monoisotopic (exact) mass is 210 g/mol. The number of fused-ring (bicyclic) bond motifs is 1. The van der Waals surface area contributed by atoms with E-state index in [1.165, 1.54) is 6.92 Å². The summed E-state index contributed by atoms with van der Waals surface area (Å²) in [6, 6.07) is 4.95. The molecule has 1 heterocycles. The maximum atomic E-state index is 10.6. The van der Waals surface area contributed by atoms with Crippen molar-refractivity contribution in [2.45, 2.75) is 13.0 Å². The van der Waals surface area contributed by atoms with Crippen LogP contribution in [0.25, 0.3) is 0 Å². The summed E-state index contributed by atoms with van der Waals surface area (Å²) in [5, 5.41) is 8.66. The summed E-state index contributed by atoms with van der Waals surface area (Å²) in [6.45, 7) is 1.65. The Morgan fingerprint density at radius 3 is 2.93 bits per heavy atom. The first-order chi connectivity index (χ1) is 7.16. The highest BCUT2D eigenvalue weighted by Crippen LogP contribution is 2.35. The molecule has 1 atom stereocenters. The Labute approximate surface area is 86.2 Å². The van der Waals surface area contributed by atoms with Crippen molar-refractivity contribution in [3.63, 3.8) is 0 Å². The van der Waals surface area contributed by atoms with Gasteiger partial charge in [0, 0.05) is 6.07 Å². The Hall–Kier alpha value is -1.91. The van der Waals surface area contributed by atoms with Crippen LogP contribution in [-0.2, 0) is 4.79 Å². The van der Waals surface area contributed by atoms with Gasteiger partial charge in [0.2, 0.25) is 6.79 Å². The lowest BCUT2D eigenvalue weighted by Gasteiger charge is -2.10. The Balaban J connectivity index is 2.13. The van der Waals surface area contributed by atoms with Gasteiger partial charge in [0.15, 0.2) is 17.6 Å². The zero-order chi connectivity index (χ0) is 10.8. The van der Waals surface area contributed by atoms with Crippen molar-refractivity contribution in [1.82, 2.24) is 0 Å². The number of carbonyl (C=O) groups is 1. The van der Waals surface area contributed by atoms with Crippen molar-refractivity contribution in [2.75, 3.05) is 6.79 Å². The van der Waals surface area contributed by atoms with E-state index < -0.39 is 12.1 Å². The summed E-state index contributed by atoms with van der Waals surface area (Å²) >= 11 is 0. The second-order valence-electron chi connectivity index (χ2n) is 3.11. The van der Waals surface area contributed by atoms with Crippen LogP contribution in [0.2, 0.25) is 0 Å². The molecule has 80 valence electrons. The van der Waals surface area contributed by atoms with Gasteiger partial charge in [-0.25, -0.2) is 4.79 Å². The van der Waals surface area contributed by atoms with Gasteiger partial charge in [-0.2, -0.15) is 0 Å². The number of aliphatic carboxylic acids is 1. The van der Waals surface area contributed by atoms with Crippen LogP contribution in [0.15, 0.2) is 18.2 Å². The first kappa shape index (κ1) is 9.64. The van der Waals surface area contributed by atoms with Crippen LogP contribution in [0.5, 0.6) is 17.2 Å². The average molecular weight is 210 g/mol. The molecule has 0 spiro atoms. The number of rotatable bonds is 3. The Morgan fingerprint density at radius 2 is 2.20 bits per heavy atom. The highest BCUT2D eigenvalue weighted by Gasteiger charge is 2.17. The van der Waals surface area contributed by atoms with E-state index in [9.17, 15) is 4.79 Å². The van der Waals surface area contributed by atoms with Crippen molar-refractivity contribution >= 4 is 5.97 Å². The molecule has 5 nitrogen and oxygen atoms in total. The van der Waals surface area contributed by atoms with Crippen molar-refractivity contribution in [2.24, 2.45) is 0 Å². The summed E-state index contributed by atoms with van der Waals surface area (Å²) in [7, 11) is 0. The molecule has 0 aliphatic carbocycles. The van der Waals surface area contributed by atoms with Crippen molar-refractivity contribution < 1.29 is 24.1 Å². The van der Waals surface area contributed by atoms with Crippen LogP contribution in [0.3, 0.4) is 0 Å². The minimum Gasteiger partial charge on any atom is -0.479 e. The van der Waals surface area contributed by atoms with Gasteiger partial charge in [-0.1, -0.05) is 0 Å². The first-order valence-electron chi connectivity index (χ1n) is 4.46. The van der Waals surface area contributed by atoms with Gasteiger partial charge in [-0.15, -0.1) is 0 Å². The zero-order valence-corrected chi connectivity index (χ0v) is 8.10. The van der Waals surface area contributed by atoms with Crippen LogP contribution >= 0.6 is 0 Å². The van der Waals surface area contributed by atoms with Gasteiger partial charge in [-0.3, -0.25) is 0 Å². The Bertz CT molecular complexity index is 387. The molecular formula is C10H10O5. The molecule has 0 unspecified atom stereocenters. The highest BCUT2D eigenvalue weighted by atomic mass is 16.7. The van der Waals surface area contributed by atoms with Gasteiger partial charge in [0.1, 0.15) is 5.75 Å². The van der Waals surface area contributed by atoms with Crippen molar-refractivity contribution in [3.8, 4) is 17.2 Å². The van der Waals surface area contributed by atoms with Gasteiger partial charge >= 0.3 is 5.97 Å². The summed E-state index contributed by atoms with van der Waals surface area (Å²) in [5.74, 6) is 0.664. The molecule has 0 saturated carbocycles. The fourth-order valence-corrected chi connectivity index (χ4v) is 1.20. The van der Waals surface area contributed by atoms with E-state index in [1.807, 2.05) is 0 Å². The zero-order valence-electron chi connectivity index (χ0n) is 8.10. The third-order valence-corrected chi connectivity index (χ3v) is 2.00. The SMILES string of the molecule is C[C@@H](Oc1ccc2c(c1)OCO2)C(=O)O. The molecule has 0 amide bonds. The maximum absolute atomic E-state index is 10.6.